The number of aliphatic carboxylic acids is 1. The molecule has 743 valence electrons. The molecule has 8 aromatic carbocycles. The van der Waals surface area contributed by atoms with Crippen molar-refractivity contribution in [3.05, 3.63) is 291 Å². The maximum Gasteiger partial charge on any atom is 1.00 e. The van der Waals surface area contributed by atoms with E-state index in [4.69, 9.17) is 42.9 Å². The van der Waals surface area contributed by atoms with Gasteiger partial charge in [-0.25, -0.2) is 24.0 Å². The molecule has 0 saturated carbocycles. The molecule has 8 aliphatic rings. The number of phenols is 4. The van der Waals surface area contributed by atoms with Gasteiger partial charge in [-0.3, -0.25) is 62.3 Å². The molecule has 0 unspecified atom stereocenters. The fourth-order valence-electron chi connectivity index (χ4n) is 14.9. The Hall–Kier alpha value is -18.6. The first-order chi connectivity index (χ1) is 69.3. The minimum atomic E-state index is -1.75. The van der Waals surface area contributed by atoms with Gasteiger partial charge in [0.25, 0.3) is 0 Å². The molecule has 147 heavy (non-hydrogen) atoms. The van der Waals surface area contributed by atoms with E-state index < -0.39 is 104 Å². The summed E-state index contributed by atoms with van der Waals surface area (Å²) in [4.78, 5) is 226. The Bertz CT molecular complexity index is 7830. The molecule has 8 aromatic rings. The Morgan fingerprint density at radius 2 is 0.558 bits per heavy atom. The summed E-state index contributed by atoms with van der Waals surface area (Å²) in [6.07, 6.45) is 0.848. The number of carboxylic acid groups (broad SMARTS) is 5. The number of carbonyl (C=O) groups is 14. The molecule has 0 spiro atoms. The van der Waals surface area contributed by atoms with Crippen LogP contribution in [-0.2, 0) is 47.9 Å². The number of rotatable bonds is 28. The smallest absolute Gasteiger partial charge is 1.00 e. The van der Waals surface area contributed by atoms with Gasteiger partial charge >= 0.3 is 65.3 Å². The zero-order valence-electron chi connectivity index (χ0n) is 77.6. The fourth-order valence-corrected chi connectivity index (χ4v) is 15.8. The second-order valence-corrected chi connectivity index (χ2v) is 32.2. The van der Waals surface area contributed by atoms with E-state index in [1.807, 2.05) is 5.32 Å². The van der Waals surface area contributed by atoms with Crippen LogP contribution < -0.4 is 93.8 Å². The molecule has 8 amide bonds. The molecular weight excluding hydrogens is 1950 g/mol. The Labute approximate surface area is 853 Å². The first-order valence-electron chi connectivity index (χ1n) is 42.6. The van der Waals surface area contributed by atoms with Crippen LogP contribution in [0.3, 0.4) is 0 Å². The number of aromatic carboxylic acids is 4. The van der Waals surface area contributed by atoms with Crippen molar-refractivity contribution in [3.63, 3.8) is 0 Å². The van der Waals surface area contributed by atoms with Gasteiger partial charge in [-0.2, -0.15) is 11.8 Å². The third kappa shape index (κ3) is 27.4. The molecule has 0 atom stereocenters. The molecule has 0 bridgehead atoms. The van der Waals surface area contributed by atoms with E-state index in [0.717, 1.165) is 0 Å². The fraction of sp³-hybridized carbons (Fsp3) is 0.109. The van der Waals surface area contributed by atoms with Gasteiger partial charge in [0.05, 0.1) is 54.2 Å². The van der Waals surface area contributed by atoms with Gasteiger partial charge in [-0.15, -0.1) is 0 Å². The van der Waals surface area contributed by atoms with Crippen LogP contribution in [0, 0.1) is 9.93 Å². The number of carbonyl (C=O) groups excluding carboxylic acids is 9. The van der Waals surface area contributed by atoms with Gasteiger partial charge in [0.1, 0.15) is 87.4 Å². The second-order valence-electron chi connectivity index (χ2n) is 31.0. The van der Waals surface area contributed by atoms with Crippen LogP contribution >= 0.6 is 11.8 Å². The summed E-state index contributed by atoms with van der Waals surface area (Å²) in [5.41, 5.74) is 4.82. The number of ketones is 1. The molecule has 46 heteroatoms. The number of nitrogens with one attached hydrogen (secondary N) is 8. The maximum absolute atomic E-state index is 12.4. The van der Waals surface area contributed by atoms with Gasteiger partial charge in [-0.05, 0) is 168 Å². The molecule has 43 nitrogen and oxygen atoms in total. The molecule has 0 saturated heterocycles. The Morgan fingerprint density at radius 1 is 0.313 bits per heavy atom. The van der Waals surface area contributed by atoms with Crippen molar-refractivity contribution in [1.82, 2.24) is 21.3 Å². The normalized spacial score (nSPS) is 10.6. The van der Waals surface area contributed by atoms with Crippen LogP contribution in [0.25, 0.3) is 134 Å². The number of aliphatic hydroxyl groups excluding tert-OH is 2. The maximum atomic E-state index is 12.4. The summed E-state index contributed by atoms with van der Waals surface area (Å²) in [7, 11) is 0. The van der Waals surface area contributed by atoms with Crippen LogP contribution in [0.15, 0.2) is 255 Å². The molecule has 4 aliphatic heterocycles. The number of hydrogen-bond donors (Lipinski definition) is 19. The SMILES string of the molecule is CCC(=O)CCSCC(=O)NCC(=O)Nc1ccc(-c2c3ccc(=O)cc-3oc3cc(O)ccc23)c(C(=O)O)c1.O=C(CNC(=O)C(=O)O)Nc1ccc(-c2c3ccc(=O)cc-3oc3cc(O)ccc23)c(C(=O)O)c1.O=C(CO)NCC(=O)Nc1ccc(-c2c3ccc(=O)cc-3oc3cc(O)ccc23)c(C(=O)O)c1.O=C(CO)NCC(=O)Nc1ccc(-c2c3ccc(=O)cc-3oc3cc(O)ccc23)c(C(=O)O)c1.O=O.[B].[H-].[Na+]. The third-order valence-electron chi connectivity index (χ3n) is 21.3. The van der Waals surface area contributed by atoms with E-state index in [2.05, 4.69) is 37.2 Å². The number of hydrogen-bond acceptors (Lipinski definition) is 31. The Balaban J connectivity index is 0.000000217. The number of fused-ring (bicyclic) bond motifs is 8. The molecule has 4 heterocycles. The van der Waals surface area contributed by atoms with Gasteiger partial charge in [0, 0.05) is 174 Å². The standard InChI is InChI=1S/C29H26N2O8S.C24H16N2O9.2C24H18N2O8.B.Na.O2.H/c1-2-17(32)9-10-40-15-27(36)30-14-26(35)31-16-3-6-20(23(11-16)29(37)38)28-21-7-4-18(33)12-24(21)39-25-13-19(34)5-8-22(25)28;27-12-2-5-15-18(8-12)35-19-9-13(28)3-6-16(19)21(15)14-4-1-11(7-17(14)23(31)32)26-20(29)10-25-22(30)24(33)34;2*27-11-22(31)25-10-21(30)26-12-1-4-15(18(7-12)24(32)33)23-16-5-2-13(28)8-19(16)34-20-9-14(29)3-6-17(20)23;;;1-2;/h3-8,11-13,33H,2,9-10,14-15H2,1H3,(H,30,36)(H,31,35)(H,37,38);1-9,27H,10H2,(H,25,30)(H,26,29)(H,31,32)(H,33,34);2*1-9,27-28H,10-11H2,(H,25,31)(H,26,30)(H,32,33);;;;/q;;;;;+1;;-1. The molecule has 16 rings (SSSR count). The van der Waals surface area contributed by atoms with E-state index in [1.54, 1.807) is 37.3 Å². The summed E-state index contributed by atoms with van der Waals surface area (Å²) in [6.45, 7) is -1.49. The van der Waals surface area contributed by atoms with Crippen molar-refractivity contribution in [3.8, 4) is 113 Å². The average Bonchev–Trinajstić information content (AvgIpc) is 0.759. The van der Waals surface area contributed by atoms with E-state index in [0.29, 0.717) is 101 Å². The monoisotopic (exact) mass is 2030 g/mol. The van der Waals surface area contributed by atoms with Crippen molar-refractivity contribution >= 4 is 170 Å². The number of anilines is 4. The van der Waals surface area contributed by atoms with Gasteiger partial charge in [0.2, 0.25) is 41.4 Å². The van der Waals surface area contributed by atoms with Crippen LogP contribution in [0.2, 0.25) is 0 Å². The molecule has 4 aliphatic carbocycles. The van der Waals surface area contributed by atoms with Gasteiger partial charge < -0.3 is 118 Å². The summed E-state index contributed by atoms with van der Waals surface area (Å²) < 4.78 is 23.2. The quantitative estimate of drug-likeness (QED) is 0.0101. The molecular formula is C101H79BN8NaO35S. The molecule has 19 N–H and O–H groups in total. The topological polar surface area (TPSA) is 713 Å². The first kappa shape index (κ1) is 110. The number of phenolic OH excluding ortho intramolecular Hbond substituents is 4. The van der Waals surface area contributed by atoms with E-state index in [9.17, 15) is 127 Å². The zero-order valence-corrected chi connectivity index (χ0v) is 79.4. The predicted octanol–water partition coefficient (Wildman–Crippen LogP) is 7.07. The predicted molar refractivity (Wildman–Crippen MR) is 532 cm³/mol. The molecule has 3 radical (unpaired) electrons. The third-order valence-corrected chi connectivity index (χ3v) is 22.3. The summed E-state index contributed by atoms with van der Waals surface area (Å²) >= 11 is 1.30. The van der Waals surface area contributed by atoms with Crippen molar-refractivity contribution < 1.29 is 172 Å². The van der Waals surface area contributed by atoms with Crippen LogP contribution in [0.4, 0.5) is 22.7 Å². The van der Waals surface area contributed by atoms with Crippen molar-refractivity contribution in [2.24, 2.45) is 0 Å². The summed E-state index contributed by atoms with van der Waals surface area (Å²) in [5, 5.41) is 126. The number of carboxylic acids is 5. The van der Waals surface area contributed by atoms with Crippen LogP contribution in [0.1, 0.15) is 62.6 Å². The van der Waals surface area contributed by atoms with Gasteiger partial charge in [-0.1, -0.05) is 31.2 Å². The van der Waals surface area contributed by atoms with Crippen molar-refractivity contribution in [2.75, 3.05) is 72.2 Å². The van der Waals surface area contributed by atoms with Crippen molar-refractivity contribution in [1.29, 1.82) is 0 Å². The first-order valence-corrected chi connectivity index (χ1v) is 43.8. The zero-order chi connectivity index (χ0) is 105. The average molecular weight is 2030 g/mol. The molecule has 0 aromatic heterocycles. The van der Waals surface area contributed by atoms with E-state index >= 15 is 0 Å². The Kier molecular flexibility index (Phi) is 37.3. The Morgan fingerprint density at radius 3 is 0.796 bits per heavy atom. The largest absolute Gasteiger partial charge is 1.00 e. The summed E-state index contributed by atoms with van der Waals surface area (Å²) in [6, 6.07) is 51.1. The minimum absolute atomic E-state index is 0. The van der Waals surface area contributed by atoms with E-state index in [1.165, 1.54) is 200 Å². The number of Topliss-reactive ketones (excluding diaryl/α,β-unsaturated/α-hetero) is 1. The number of aromatic hydroxyl groups is 4. The minimum Gasteiger partial charge on any atom is -1.00 e. The van der Waals surface area contributed by atoms with Gasteiger partial charge in [0.15, 0.2) is 21.7 Å². The number of benzene rings is 12. The number of thioether (sulfide) groups is 1. The number of amides is 8. The number of aliphatic hydroxyl groups is 2. The summed E-state index contributed by atoms with van der Waals surface area (Å²) in [5.74, 6) is -11.2. The second kappa shape index (κ2) is 49.7. The van der Waals surface area contributed by atoms with E-state index in [-0.39, 0.29) is 204 Å². The van der Waals surface area contributed by atoms with Crippen LogP contribution in [-0.4, -0.2) is 198 Å². The molecule has 0 fully saturated rings. The van der Waals surface area contributed by atoms with Crippen LogP contribution in [0.5, 0.6) is 23.0 Å². The van der Waals surface area contributed by atoms with Crippen molar-refractivity contribution in [2.45, 2.75) is 19.8 Å².